The van der Waals surface area contributed by atoms with Crippen molar-refractivity contribution in [2.75, 3.05) is 13.6 Å². The maximum atomic E-state index is 11.8. The van der Waals surface area contributed by atoms with Crippen molar-refractivity contribution in [2.45, 2.75) is 19.3 Å². The molecule has 1 atom stereocenters. The lowest BCUT2D eigenvalue weighted by Crippen LogP contribution is -2.36. The van der Waals surface area contributed by atoms with E-state index in [0.29, 0.717) is 19.4 Å². The zero-order chi connectivity index (χ0) is 9.64. The molecule has 1 spiro atoms. The van der Waals surface area contributed by atoms with E-state index in [1.54, 1.807) is 11.9 Å². The molecule has 2 aliphatic rings. The van der Waals surface area contributed by atoms with E-state index in [1.165, 1.54) is 0 Å². The van der Waals surface area contributed by atoms with Gasteiger partial charge in [-0.25, -0.2) is 0 Å². The average molecular weight is 179 g/mol. The fourth-order valence-corrected chi connectivity index (χ4v) is 2.44. The van der Waals surface area contributed by atoms with E-state index in [1.807, 2.05) is 0 Å². The molecule has 3 heteroatoms. The van der Waals surface area contributed by atoms with E-state index >= 15 is 0 Å². The Kier molecular flexibility index (Phi) is 1.59. The molecule has 0 aromatic heterocycles. The molecule has 1 unspecified atom stereocenters. The smallest absolute Gasteiger partial charge is 0.240 e. The molecule has 2 rings (SSSR count). The van der Waals surface area contributed by atoms with Gasteiger partial charge in [-0.3, -0.25) is 9.59 Å². The number of Topliss-reactive ketones (excluding diaryl/α,β-unsaturated/α-hetero) is 1. The first-order valence-electron chi connectivity index (χ1n) is 4.56. The van der Waals surface area contributed by atoms with Crippen molar-refractivity contribution < 1.29 is 9.59 Å². The third kappa shape index (κ3) is 0.844. The predicted molar refractivity (Wildman–Crippen MR) is 48.1 cm³/mol. The Morgan fingerprint density at radius 1 is 1.46 bits per heavy atom. The zero-order valence-corrected chi connectivity index (χ0v) is 7.80. The minimum Gasteiger partial charge on any atom is -0.341 e. The molecule has 1 saturated carbocycles. The SMILES string of the molecule is C=C1CN(C)C(=O)C12CCCC2=O. The number of hydrogen-bond acceptors (Lipinski definition) is 2. The van der Waals surface area contributed by atoms with E-state index in [4.69, 9.17) is 0 Å². The molecular formula is C10H13NO2. The first-order valence-corrected chi connectivity index (χ1v) is 4.56. The molecule has 0 N–H and O–H groups in total. The standard InChI is InChI=1S/C10H13NO2/c1-7-6-11(2)9(13)10(7)5-3-4-8(10)12/h1,3-6H2,2H3. The summed E-state index contributed by atoms with van der Waals surface area (Å²) in [7, 11) is 1.73. The van der Waals surface area contributed by atoms with Crippen LogP contribution < -0.4 is 0 Å². The third-order valence-electron chi connectivity index (χ3n) is 3.17. The van der Waals surface area contributed by atoms with Gasteiger partial charge in [0.15, 0.2) is 5.78 Å². The Labute approximate surface area is 77.4 Å². The summed E-state index contributed by atoms with van der Waals surface area (Å²) in [5, 5.41) is 0. The lowest BCUT2D eigenvalue weighted by molar-refractivity contribution is -0.140. The first kappa shape index (κ1) is 8.48. The Bertz CT molecular complexity index is 308. The Morgan fingerprint density at radius 2 is 2.15 bits per heavy atom. The van der Waals surface area contributed by atoms with Gasteiger partial charge < -0.3 is 4.90 Å². The number of carbonyl (C=O) groups is 2. The van der Waals surface area contributed by atoms with Gasteiger partial charge in [-0.05, 0) is 18.4 Å². The molecule has 0 radical (unpaired) electrons. The fourth-order valence-electron chi connectivity index (χ4n) is 2.44. The Hall–Kier alpha value is -1.12. The number of carbonyl (C=O) groups excluding carboxylic acids is 2. The number of amides is 1. The van der Waals surface area contributed by atoms with E-state index < -0.39 is 5.41 Å². The second kappa shape index (κ2) is 2.44. The van der Waals surface area contributed by atoms with Gasteiger partial charge in [0.05, 0.1) is 0 Å². The molecule has 13 heavy (non-hydrogen) atoms. The number of ketones is 1. The highest BCUT2D eigenvalue weighted by atomic mass is 16.2. The van der Waals surface area contributed by atoms with Gasteiger partial charge in [-0.1, -0.05) is 6.58 Å². The lowest BCUT2D eigenvalue weighted by atomic mass is 9.80. The van der Waals surface area contributed by atoms with Crippen LogP contribution in [-0.2, 0) is 9.59 Å². The number of rotatable bonds is 0. The van der Waals surface area contributed by atoms with Gasteiger partial charge in [0.25, 0.3) is 0 Å². The van der Waals surface area contributed by atoms with Gasteiger partial charge in [0, 0.05) is 20.0 Å². The normalized spacial score (nSPS) is 33.9. The molecule has 1 heterocycles. The summed E-state index contributed by atoms with van der Waals surface area (Å²) in [4.78, 5) is 25.1. The zero-order valence-electron chi connectivity index (χ0n) is 7.80. The van der Waals surface area contributed by atoms with Crippen molar-refractivity contribution in [3.63, 3.8) is 0 Å². The topological polar surface area (TPSA) is 37.4 Å². The minimum absolute atomic E-state index is 0.0417. The summed E-state index contributed by atoms with van der Waals surface area (Å²) >= 11 is 0. The van der Waals surface area contributed by atoms with E-state index in [2.05, 4.69) is 6.58 Å². The minimum atomic E-state index is -0.811. The molecule has 0 aromatic carbocycles. The largest absolute Gasteiger partial charge is 0.341 e. The summed E-state index contributed by atoms with van der Waals surface area (Å²) < 4.78 is 0. The third-order valence-corrected chi connectivity index (χ3v) is 3.17. The maximum absolute atomic E-state index is 11.8. The average Bonchev–Trinajstić information content (AvgIpc) is 2.54. The van der Waals surface area contributed by atoms with Crippen LogP contribution in [0.25, 0.3) is 0 Å². The maximum Gasteiger partial charge on any atom is 0.240 e. The van der Waals surface area contributed by atoms with Gasteiger partial charge in [0.2, 0.25) is 5.91 Å². The van der Waals surface area contributed by atoms with Crippen LogP contribution >= 0.6 is 0 Å². The van der Waals surface area contributed by atoms with Gasteiger partial charge in [-0.2, -0.15) is 0 Å². The highest BCUT2D eigenvalue weighted by molar-refractivity contribution is 6.12. The van der Waals surface area contributed by atoms with Crippen molar-refractivity contribution in [1.29, 1.82) is 0 Å². The lowest BCUT2D eigenvalue weighted by Gasteiger charge is -2.19. The van der Waals surface area contributed by atoms with Crippen LogP contribution in [0, 0.1) is 5.41 Å². The Morgan fingerprint density at radius 3 is 2.54 bits per heavy atom. The Balaban J connectivity index is 2.46. The van der Waals surface area contributed by atoms with E-state index in [9.17, 15) is 9.59 Å². The summed E-state index contributed by atoms with van der Waals surface area (Å²) in [5.74, 6) is 0.0341. The molecule has 0 aromatic rings. The van der Waals surface area contributed by atoms with Crippen molar-refractivity contribution in [1.82, 2.24) is 4.90 Å². The molecule has 0 bridgehead atoms. The molecule has 1 aliphatic heterocycles. The molecule has 2 fully saturated rings. The molecular weight excluding hydrogens is 166 g/mol. The number of nitrogens with zero attached hydrogens (tertiary/aromatic N) is 1. The van der Waals surface area contributed by atoms with Crippen molar-refractivity contribution in [3.8, 4) is 0 Å². The molecule has 70 valence electrons. The molecule has 1 amide bonds. The predicted octanol–water partition coefficient (Wildman–Crippen LogP) is 0.754. The van der Waals surface area contributed by atoms with Crippen LogP contribution in [0.3, 0.4) is 0 Å². The molecule has 1 aliphatic carbocycles. The monoisotopic (exact) mass is 179 g/mol. The highest BCUT2D eigenvalue weighted by Gasteiger charge is 2.55. The fraction of sp³-hybridized carbons (Fsp3) is 0.600. The van der Waals surface area contributed by atoms with Gasteiger partial charge in [-0.15, -0.1) is 0 Å². The van der Waals surface area contributed by atoms with Crippen LogP contribution in [-0.4, -0.2) is 30.2 Å². The van der Waals surface area contributed by atoms with Crippen LogP contribution in [0.4, 0.5) is 0 Å². The summed E-state index contributed by atoms with van der Waals surface area (Å²) in [6.45, 7) is 4.40. The van der Waals surface area contributed by atoms with Crippen LogP contribution in [0.2, 0.25) is 0 Å². The molecule has 3 nitrogen and oxygen atoms in total. The van der Waals surface area contributed by atoms with E-state index in [-0.39, 0.29) is 11.7 Å². The van der Waals surface area contributed by atoms with Crippen LogP contribution in [0.5, 0.6) is 0 Å². The number of hydrogen-bond donors (Lipinski definition) is 0. The second-order valence-electron chi connectivity index (χ2n) is 3.95. The van der Waals surface area contributed by atoms with Crippen molar-refractivity contribution >= 4 is 11.7 Å². The number of likely N-dealkylation sites (tertiary alicyclic amines) is 1. The van der Waals surface area contributed by atoms with Crippen molar-refractivity contribution in [3.05, 3.63) is 12.2 Å². The van der Waals surface area contributed by atoms with Crippen molar-refractivity contribution in [2.24, 2.45) is 5.41 Å². The number of likely N-dealkylation sites (N-methyl/N-ethyl adjacent to an activating group) is 1. The van der Waals surface area contributed by atoms with Gasteiger partial charge in [0.1, 0.15) is 5.41 Å². The highest BCUT2D eigenvalue weighted by Crippen LogP contribution is 2.45. The summed E-state index contributed by atoms with van der Waals surface area (Å²) in [6.07, 6.45) is 2.05. The van der Waals surface area contributed by atoms with Crippen LogP contribution in [0.1, 0.15) is 19.3 Å². The summed E-state index contributed by atoms with van der Waals surface area (Å²) in [5.41, 5.74) is -0.0168. The van der Waals surface area contributed by atoms with Gasteiger partial charge >= 0.3 is 0 Å². The second-order valence-corrected chi connectivity index (χ2v) is 3.95. The molecule has 1 saturated heterocycles. The van der Waals surface area contributed by atoms with Crippen LogP contribution in [0.15, 0.2) is 12.2 Å². The quantitative estimate of drug-likeness (QED) is 0.406. The van der Waals surface area contributed by atoms with E-state index in [0.717, 1.165) is 12.0 Å². The summed E-state index contributed by atoms with van der Waals surface area (Å²) in [6, 6.07) is 0. The first-order chi connectivity index (χ1) is 6.09.